The number of hydrogen-bond donors (Lipinski definition) is 1. The highest BCUT2D eigenvalue weighted by molar-refractivity contribution is 7.15. The molecule has 0 bridgehead atoms. The minimum Gasteiger partial charge on any atom is -0.351 e. The lowest BCUT2D eigenvalue weighted by atomic mass is 9.85. The molecular weight excluding hydrogens is 242 g/mol. The summed E-state index contributed by atoms with van der Waals surface area (Å²) in [4.78, 5) is 8.45. The van der Waals surface area contributed by atoms with E-state index in [1.807, 2.05) is 11.3 Å². The summed E-state index contributed by atoms with van der Waals surface area (Å²) in [6.45, 7) is 8.67. The molecule has 1 saturated carbocycles. The third-order valence-corrected chi connectivity index (χ3v) is 5.26. The third kappa shape index (κ3) is 3.04. The molecule has 3 nitrogen and oxygen atoms in total. The second-order valence-corrected chi connectivity index (χ2v) is 6.41. The normalized spacial score (nSPS) is 17.6. The number of nitrogens with one attached hydrogen (secondary N) is 1. The summed E-state index contributed by atoms with van der Waals surface area (Å²) in [5.41, 5.74) is 1.18. The fourth-order valence-electron chi connectivity index (χ4n) is 2.50. The monoisotopic (exact) mass is 267 g/mol. The molecule has 1 aromatic rings. The SMILES string of the molecule is CCNC(C)c1sc(N(C)CC2CCC2)nc1C. The zero-order chi connectivity index (χ0) is 13.1. The van der Waals surface area contributed by atoms with Crippen molar-refractivity contribution in [2.24, 2.45) is 5.92 Å². The summed E-state index contributed by atoms with van der Waals surface area (Å²) in [5.74, 6) is 0.897. The molecule has 0 spiro atoms. The summed E-state index contributed by atoms with van der Waals surface area (Å²) in [7, 11) is 2.18. The van der Waals surface area contributed by atoms with Crippen LogP contribution in [0.2, 0.25) is 0 Å². The van der Waals surface area contributed by atoms with Crippen LogP contribution in [-0.2, 0) is 0 Å². The molecule has 1 unspecified atom stereocenters. The fourth-order valence-corrected chi connectivity index (χ4v) is 3.56. The zero-order valence-corrected chi connectivity index (χ0v) is 12.8. The zero-order valence-electron chi connectivity index (χ0n) is 12.0. The minimum absolute atomic E-state index is 0.415. The lowest BCUT2D eigenvalue weighted by Crippen LogP contribution is -2.29. The molecule has 0 amide bonds. The molecule has 0 aromatic carbocycles. The van der Waals surface area contributed by atoms with Gasteiger partial charge in [0.1, 0.15) is 0 Å². The molecule has 1 aromatic heterocycles. The van der Waals surface area contributed by atoms with Crippen molar-refractivity contribution in [3.63, 3.8) is 0 Å². The number of rotatable bonds is 6. The van der Waals surface area contributed by atoms with Crippen molar-refractivity contribution in [3.8, 4) is 0 Å². The predicted octanol–water partition coefficient (Wildman–Crippen LogP) is 3.36. The van der Waals surface area contributed by atoms with Gasteiger partial charge in [0.15, 0.2) is 5.13 Å². The summed E-state index contributed by atoms with van der Waals surface area (Å²) in [6, 6.07) is 0.415. The van der Waals surface area contributed by atoms with Gasteiger partial charge >= 0.3 is 0 Å². The molecular formula is C14H25N3S. The maximum atomic E-state index is 4.73. The maximum Gasteiger partial charge on any atom is 0.185 e. The van der Waals surface area contributed by atoms with Gasteiger partial charge in [-0.2, -0.15) is 0 Å². The molecule has 1 aliphatic carbocycles. The van der Waals surface area contributed by atoms with Crippen molar-refractivity contribution in [3.05, 3.63) is 10.6 Å². The van der Waals surface area contributed by atoms with Crippen molar-refractivity contribution >= 4 is 16.5 Å². The van der Waals surface area contributed by atoms with Gasteiger partial charge in [0.2, 0.25) is 0 Å². The average Bonchev–Trinajstić information content (AvgIpc) is 2.66. The first-order valence-electron chi connectivity index (χ1n) is 7.03. The molecule has 1 fully saturated rings. The standard InChI is InChI=1S/C14H25N3S/c1-5-15-10(2)13-11(3)16-14(18-13)17(4)9-12-7-6-8-12/h10,12,15H,5-9H2,1-4H3. The molecule has 1 N–H and O–H groups in total. The van der Waals surface area contributed by atoms with Gasteiger partial charge in [0.05, 0.1) is 5.69 Å². The highest BCUT2D eigenvalue weighted by atomic mass is 32.1. The van der Waals surface area contributed by atoms with Crippen LogP contribution in [0.3, 0.4) is 0 Å². The van der Waals surface area contributed by atoms with Crippen LogP contribution in [0, 0.1) is 12.8 Å². The van der Waals surface area contributed by atoms with E-state index in [0.717, 1.165) is 12.5 Å². The highest BCUT2D eigenvalue weighted by Gasteiger charge is 2.21. The summed E-state index contributed by atoms with van der Waals surface area (Å²) in [5, 5.41) is 4.65. The van der Waals surface area contributed by atoms with Crippen molar-refractivity contribution in [2.45, 2.75) is 46.1 Å². The molecule has 18 heavy (non-hydrogen) atoms. The van der Waals surface area contributed by atoms with E-state index in [-0.39, 0.29) is 0 Å². The molecule has 2 rings (SSSR count). The van der Waals surface area contributed by atoms with E-state index >= 15 is 0 Å². The second kappa shape index (κ2) is 6.02. The summed E-state index contributed by atoms with van der Waals surface area (Å²) >= 11 is 1.84. The van der Waals surface area contributed by atoms with Gasteiger partial charge in [-0.05, 0) is 39.2 Å². The van der Waals surface area contributed by atoms with Crippen LogP contribution in [0.15, 0.2) is 0 Å². The molecule has 1 atom stereocenters. The number of aryl methyl sites for hydroxylation is 1. The first-order chi connectivity index (χ1) is 8.61. The molecule has 0 aliphatic heterocycles. The van der Waals surface area contributed by atoms with E-state index in [1.54, 1.807) is 0 Å². The molecule has 1 aliphatic rings. The largest absolute Gasteiger partial charge is 0.351 e. The van der Waals surface area contributed by atoms with Gasteiger partial charge in [-0.25, -0.2) is 4.98 Å². The lowest BCUT2D eigenvalue weighted by Gasteiger charge is -2.29. The Labute approximate surface area is 115 Å². The van der Waals surface area contributed by atoms with Gasteiger partial charge in [-0.15, -0.1) is 11.3 Å². The van der Waals surface area contributed by atoms with E-state index in [0.29, 0.717) is 6.04 Å². The Morgan fingerprint density at radius 1 is 1.50 bits per heavy atom. The Morgan fingerprint density at radius 2 is 2.22 bits per heavy atom. The number of anilines is 1. The van der Waals surface area contributed by atoms with Gasteiger partial charge < -0.3 is 10.2 Å². The molecule has 0 radical (unpaired) electrons. The predicted molar refractivity (Wildman–Crippen MR) is 79.6 cm³/mol. The van der Waals surface area contributed by atoms with Crippen molar-refractivity contribution < 1.29 is 0 Å². The highest BCUT2D eigenvalue weighted by Crippen LogP contribution is 2.33. The van der Waals surface area contributed by atoms with Gasteiger partial charge in [0.25, 0.3) is 0 Å². The van der Waals surface area contributed by atoms with E-state index in [4.69, 9.17) is 4.98 Å². The van der Waals surface area contributed by atoms with Crippen LogP contribution in [0.1, 0.15) is 49.7 Å². The Morgan fingerprint density at radius 3 is 2.78 bits per heavy atom. The van der Waals surface area contributed by atoms with Crippen LogP contribution in [0.25, 0.3) is 0 Å². The second-order valence-electron chi connectivity index (χ2n) is 5.40. The molecule has 102 valence electrons. The van der Waals surface area contributed by atoms with Gasteiger partial charge in [0, 0.05) is 24.5 Å². The van der Waals surface area contributed by atoms with E-state index in [9.17, 15) is 0 Å². The van der Waals surface area contributed by atoms with Crippen LogP contribution in [-0.4, -0.2) is 25.1 Å². The van der Waals surface area contributed by atoms with Crippen molar-refractivity contribution in [1.82, 2.24) is 10.3 Å². The van der Waals surface area contributed by atoms with E-state index in [1.165, 1.54) is 41.5 Å². The summed E-state index contributed by atoms with van der Waals surface area (Å²) < 4.78 is 0. The lowest BCUT2D eigenvalue weighted by molar-refractivity contribution is 0.321. The smallest absolute Gasteiger partial charge is 0.185 e. The Kier molecular flexibility index (Phi) is 4.62. The number of nitrogens with zero attached hydrogens (tertiary/aromatic N) is 2. The fraction of sp³-hybridized carbons (Fsp3) is 0.786. The average molecular weight is 267 g/mol. The minimum atomic E-state index is 0.415. The Bertz CT molecular complexity index is 384. The van der Waals surface area contributed by atoms with E-state index < -0.39 is 0 Å². The van der Waals surface area contributed by atoms with Gasteiger partial charge in [-0.1, -0.05) is 13.3 Å². The molecule has 4 heteroatoms. The van der Waals surface area contributed by atoms with Crippen LogP contribution < -0.4 is 10.2 Å². The first-order valence-corrected chi connectivity index (χ1v) is 7.85. The maximum absolute atomic E-state index is 4.73. The van der Waals surface area contributed by atoms with Gasteiger partial charge in [-0.3, -0.25) is 0 Å². The first kappa shape index (κ1) is 13.8. The van der Waals surface area contributed by atoms with Crippen molar-refractivity contribution in [2.75, 3.05) is 25.0 Å². The summed E-state index contributed by atoms with van der Waals surface area (Å²) in [6.07, 6.45) is 4.21. The molecule has 1 heterocycles. The number of hydrogen-bond acceptors (Lipinski definition) is 4. The Balaban J connectivity index is 2.02. The Hall–Kier alpha value is -0.610. The van der Waals surface area contributed by atoms with Crippen LogP contribution >= 0.6 is 11.3 Å². The molecule has 0 saturated heterocycles. The van der Waals surface area contributed by atoms with E-state index in [2.05, 4.69) is 38.0 Å². The quantitative estimate of drug-likeness (QED) is 0.856. The van der Waals surface area contributed by atoms with Crippen LogP contribution in [0.4, 0.5) is 5.13 Å². The topological polar surface area (TPSA) is 28.2 Å². The number of thiazole rings is 1. The van der Waals surface area contributed by atoms with Crippen LogP contribution in [0.5, 0.6) is 0 Å². The number of aromatic nitrogens is 1. The van der Waals surface area contributed by atoms with Crippen molar-refractivity contribution in [1.29, 1.82) is 0 Å². The third-order valence-electron chi connectivity index (χ3n) is 3.81.